The van der Waals surface area contributed by atoms with E-state index in [1.54, 1.807) is 12.1 Å². The lowest BCUT2D eigenvalue weighted by Gasteiger charge is -2.02. The first-order valence-electron chi connectivity index (χ1n) is 7.15. The van der Waals surface area contributed by atoms with E-state index in [1.165, 1.54) is 0 Å². The van der Waals surface area contributed by atoms with E-state index in [1.807, 2.05) is 50.2 Å². The van der Waals surface area contributed by atoms with Gasteiger partial charge in [-0.15, -0.1) is 0 Å². The van der Waals surface area contributed by atoms with Crippen molar-refractivity contribution in [2.45, 2.75) is 13.8 Å². The Kier molecular flexibility index (Phi) is 3.85. The van der Waals surface area contributed by atoms with Gasteiger partial charge in [0, 0.05) is 5.56 Å². The number of oxazole rings is 1. The lowest BCUT2D eigenvalue weighted by molar-refractivity contribution is 0.0992. The van der Waals surface area contributed by atoms with Crippen LogP contribution in [-0.2, 0) is 0 Å². The van der Waals surface area contributed by atoms with Crippen LogP contribution in [0.4, 0.5) is 0 Å². The summed E-state index contributed by atoms with van der Waals surface area (Å²) in [6, 6.07) is 15.0. The van der Waals surface area contributed by atoms with E-state index in [4.69, 9.17) is 14.9 Å². The van der Waals surface area contributed by atoms with Crippen molar-refractivity contribution in [3.63, 3.8) is 0 Å². The van der Waals surface area contributed by atoms with Crippen molar-refractivity contribution in [3.8, 4) is 23.1 Å². The van der Waals surface area contributed by atoms with E-state index < -0.39 is 5.91 Å². The lowest BCUT2D eigenvalue weighted by atomic mass is 10.1. The van der Waals surface area contributed by atoms with Gasteiger partial charge in [0.2, 0.25) is 11.6 Å². The minimum Gasteiger partial charge on any atom is -0.424 e. The highest BCUT2D eigenvalue weighted by atomic mass is 16.6. The quantitative estimate of drug-likeness (QED) is 0.794. The van der Waals surface area contributed by atoms with Crippen LogP contribution < -0.4 is 10.5 Å². The van der Waals surface area contributed by atoms with Crippen LogP contribution in [0.3, 0.4) is 0 Å². The van der Waals surface area contributed by atoms with Gasteiger partial charge in [-0.1, -0.05) is 35.4 Å². The highest BCUT2D eigenvalue weighted by Gasteiger charge is 2.21. The second-order valence-corrected chi connectivity index (χ2v) is 5.30. The average molecular weight is 308 g/mol. The van der Waals surface area contributed by atoms with Gasteiger partial charge in [-0.25, -0.2) is 0 Å². The van der Waals surface area contributed by atoms with E-state index in [9.17, 15) is 4.79 Å². The monoisotopic (exact) mass is 308 g/mol. The third-order valence-corrected chi connectivity index (χ3v) is 3.36. The zero-order chi connectivity index (χ0) is 16.4. The van der Waals surface area contributed by atoms with Gasteiger partial charge in [0.25, 0.3) is 5.91 Å². The molecule has 5 heteroatoms. The molecule has 3 aromatic rings. The van der Waals surface area contributed by atoms with E-state index in [0.29, 0.717) is 11.6 Å². The van der Waals surface area contributed by atoms with Gasteiger partial charge in [0.15, 0.2) is 0 Å². The number of ether oxygens (including phenoxy) is 1. The minimum atomic E-state index is -0.700. The molecule has 116 valence electrons. The Balaban J connectivity index is 1.97. The van der Waals surface area contributed by atoms with Crippen molar-refractivity contribution in [1.82, 2.24) is 4.98 Å². The first-order valence-corrected chi connectivity index (χ1v) is 7.15. The maximum atomic E-state index is 11.6. The molecule has 0 radical (unpaired) electrons. The van der Waals surface area contributed by atoms with Crippen molar-refractivity contribution >= 4 is 5.91 Å². The highest BCUT2D eigenvalue weighted by Crippen LogP contribution is 2.31. The number of carbonyl (C=O) groups excluding carboxylic acids is 1. The number of rotatable bonds is 4. The molecule has 0 aliphatic rings. The van der Waals surface area contributed by atoms with Crippen LogP contribution in [-0.4, -0.2) is 10.9 Å². The lowest BCUT2D eigenvalue weighted by Crippen LogP contribution is -2.12. The number of aromatic nitrogens is 1. The predicted octanol–water partition coefficient (Wildman–Crippen LogP) is 3.85. The van der Waals surface area contributed by atoms with Gasteiger partial charge in [-0.3, -0.25) is 4.79 Å². The van der Waals surface area contributed by atoms with Crippen molar-refractivity contribution in [2.75, 3.05) is 0 Å². The molecule has 2 N–H and O–H groups in total. The van der Waals surface area contributed by atoms with Crippen LogP contribution in [0.2, 0.25) is 0 Å². The van der Waals surface area contributed by atoms with Crippen LogP contribution in [0.25, 0.3) is 11.5 Å². The Morgan fingerprint density at radius 1 is 1.00 bits per heavy atom. The molecule has 0 saturated heterocycles. The number of nitrogens with zero attached hydrogens (tertiary/aromatic N) is 1. The Bertz CT molecular complexity index is 834. The maximum absolute atomic E-state index is 11.6. The van der Waals surface area contributed by atoms with Crippen LogP contribution in [0, 0.1) is 13.8 Å². The number of nitrogens with two attached hydrogens (primary N) is 1. The molecule has 1 amide bonds. The van der Waals surface area contributed by atoms with Gasteiger partial charge in [-0.2, -0.15) is 4.98 Å². The molecule has 0 atom stereocenters. The summed E-state index contributed by atoms with van der Waals surface area (Å²) in [5.41, 5.74) is 8.31. The number of amides is 1. The molecule has 0 bridgehead atoms. The van der Waals surface area contributed by atoms with E-state index in [2.05, 4.69) is 4.98 Å². The summed E-state index contributed by atoms with van der Waals surface area (Å²) in [6.07, 6.45) is 0. The first kappa shape index (κ1) is 14.8. The molecule has 0 aliphatic carbocycles. The van der Waals surface area contributed by atoms with Gasteiger partial charge >= 0.3 is 5.95 Å². The number of hydrogen-bond donors (Lipinski definition) is 1. The van der Waals surface area contributed by atoms with E-state index in [-0.39, 0.29) is 11.6 Å². The maximum Gasteiger partial charge on any atom is 0.324 e. The third kappa shape index (κ3) is 3.23. The molecule has 0 fully saturated rings. The molecule has 1 aromatic heterocycles. The SMILES string of the molecule is Cc1ccc(Oc2oc(-c3ccc(C)cc3)nc2C(N)=O)cc1. The molecule has 0 aliphatic heterocycles. The second kappa shape index (κ2) is 5.96. The largest absolute Gasteiger partial charge is 0.424 e. The van der Waals surface area contributed by atoms with Crippen LogP contribution in [0.1, 0.15) is 21.6 Å². The van der Waals surface area contributed by atoms with Crippen LogP contribution in [0.5, 0.6) is 11.7 Å². The van der Waals surface area contributed by atoms with Crippen molar-refractivity contribution in [2.24, 2.45) is 5.73 Å². The number of carbonyl (C=O) groups is 1. The summed E-state index contributed by atoms with van der Waals surface area (Å²) >= 11 is 0. The van der Waals surface area contributed by atoms with Gasteiger partial charge in [0.05, 0.1) is 0 Å². The van der Waals surface area contributed by atoms with Gasteiger partial charge in [-0.05, 0) is 38.1 Å². The Morgan fingerprint density at radius 3 is 2.13 bits per heavy atom. The van der Waals surface area contributed by atoms with Gasteiger partial charge in [0.1, 0.15) is 5.75 Å². The summed E-state index contributed by atoms with van der Waals surface area (Å²) in [5, 5.41) is 0. The number of aryl methyl sites for hydroxylation is 2. The standard InChI is InChI=1S/C18H16N2O3/c1-11-3-7-13(8-4-11)17-20-15(16(19)21)18(23-17)22-14-9-5-12(2)6-10-14/h3-10H,1-2H3,(H2,19,21). The van der Waals surface area contributed by atoms with Crippen molar-refractivity contribution < 1.29 is 13.9 Å². The zero-order valence-electron chi connectivity index (χ0n) is 12.9. The molecule has 0 unspecified atom stereocenters. The van der Waals surface area contributed by atoms with Crippen LogP contribution >= 0.6 is 0 Å². The zero-order valence-corrected chi connectivity index (χ0v) is 12.9. The summed E-state index contributed by atoms with van der Waals surface area (Å²) < 4.78 is 11.2. The smallest absolute Gasteiger partial charge is 0.324 e. The Morgan fingerprint density at radius 2 is 1.57 bits per heavy atom. The predicted molar refractivity (Wildman–Crippen MR) is 86.4 cm³/mol. The summed E-state index contributed by atoms with van der Waals surface area (Å²) in [4.78, 5) is 15.7. The highest BCUT2D eigenvalue weighted by molar-refractivity contribution is 5.93. The normalized spacial score (nSPS) is 10.5. The average Bonchev–Trinajstić information content (AvgIpc) is 2.94. The molecule has 5 nitrogen and oxygen atoms in total. The fourth-order valence-electron chi connectivity index (χ4n) is 2.06. The first-order chi connectivity index (χ1) is 11.0. The molecular weight excluding hydrogens is 292 g/mol. The molecule has 2 aromatic carbocycles. The van der Waals surface area contributed by atoms with Crippen molar-refractivity contribution in [3.05, 3.63) is 65.4 Å². The number of primary amides is 1. The fraction of sp³-hybridized carbons (Fsp3) is 0.111. The third-order valence-electron chi connectivity index (χ3n) is 3.36. The molecule has 23 heavy (non-hydrogen) atoms. The molecule has 1 heterocycles. The Hall–Kier alpha value is -3.08. The number of hydrogen-bond acceptors (Lipinski definition) is 4. The summed E-state index contributed by atoms with van der Waals surface area (Å²) in [7, 11) is 0. The Labute approximate surface area is 133 Å². The fourth-order valence-corrected chi connectivity index (χ4v) is 2.06. The topological polar surface area (TPSA) is 78.3 Å². The van der Waals surface area contributed by atoms with Crippen molar-refractivity contribution in [1.29, 1.82) is 0 Å². The van der Waals surface area contributed by atoms with Gasteiger partial charge < -0.3 is 14.9 Å². The van der Waals surface area contributed by atoms with E-state index >= 15 is 0 Å². The molecule has 0 spiro atoms. The number of benzene rings is 2. The summed E-state index contributed by atoms with van der Waals surface area (Å²) in [5.74, 6) is 0.136. The molecular formula is C18H16N2O3. The van der Waals surface area contributed by atoms with Crippen LogP contribution in [0.15, 0.2) is 52.9 Å². The summed E-state index contributed by atoms with van der Waals surface area (Å²) in [6.45, 7) is 3.96. The minimum absolute atomic E-state index is 0.00284. The van der Waals surface area contributed by atoms with E-state index in [0.717, 1.165) is 16.7 Å². The second-order valence-electron chi connectivity index (χ2n) is 5.30. The molecule has 3 rings (SSSR count). The molecule has 0 saturated carbocycles.